The number of amides is 1. The first-order valence-corrected chi connectivity index (χ1v) is 8.81. The number of hydrogen-bond acceptors (Lipinski definition) is 3. The van der Waals surface area contributed by atoms with Crippen molar-refractivity contribution in [1.82, 2.24) is 4.90 Å². The minimum Gasteiger partial charge on any atom is -0.445 e. The van der Waals surface area contributed by atoms with Crippen LogP contribution in [0, 0.1) is 17.8 Å². The van der Waals surface area contributed by atoms with E-state index in [1.807, 2.05) is 35.2 Å². The van der Waals surface area contributed by atoms with Gasteiger partial charge in [-0.15, -0.1) is 0 Å². The molecule has 1 saturated carbocycles. The molecule has 4 heteroatoms. The first-order chi connectivity index (χ1) is 11.3. The molecule has 0 N–H and O–H groups in total. The lowest BCUT2D eigenvalue weighted by molar-refractivity contribution is 0.0776. The van der Waals surface area contributed by atoms with Crippen LogP contribution in [0.25, 0.3) is 0 Å². The molecule has 1 aliphatic heterocycles. The molecule has 3 rings (SSSR count). The van der Waals surface area contributed by atoms with Crippen LogP contribution in [0.1, 0.15) is 31.7 Å². The minimum atomic E-state index is -0.172. The summed E-state index contributed by atoms with van der Waals surface area (Å²) in [7, 11) is 0. The molecule has 23 heavy (non-hydrogen) atoms. The van der Waals surface area contributed by atoms with Crippen LogP contribution in [0.5, 0.6) is 0 Å². The summed E-state index contributed by atoms with van der Waals surface area (Å²) < 4.78 is 10.9. The maximum atomic E-state index is 12.2. The Labute approximate surface area is 138 Å². The highest BCUT2D eigenvalue weighted by molar-refractivity contribution is 5.67. The average molecular weight is 317 g/mol. The maximum Gasteiger partial charge on any atom is 0.410 e. The van der Waals surface area contributed by atoms with Crippen LogP contribution in [0.4, 0.5) is 4.79 Å². The van der Waals surface area contributed by atoms with Gasteiger partial charge in [-0.05, 0) is 49.5 Å². The van der Waals surface area contributed by atoms with Gasteiger partial charge in [-0.1, -0.05) is 30.3 Å². The molecule has 1 heterocycles. The number of ether oxygens (including phenoxy) is 2. The van der Waals surface area contributed by atoms with Crippen molar-refractivity contribution in [3.05, 3.63) is 35.9 Å². The number of likely N-dealkylation sites (tertiary alicyclic amines) is 1. The molecule has 4 nitrogen and oxygen atoms in total. The zero-order chi connectivity index (χ0) is 16.1. The highest BCUT2D eigenvalue weighted by Crippen LogP contribution is 2.48. The Balaban J connectivity index is 1.36. The van der Waals surface area contributed by atoms with Crippen molar-refractivity contribution >= 4 is 6.09 Å². The third-order valence-corrected chi connectivity index (χ3v) is 5.12. The first-order valence-electron chi connectivity index (χ1n) is 8.81. The summed E-state index contributed by atoms with van der Waals surface area (Å²) in [5, 5.41) is 0. The van der Waals surface area contributed by atoms with Gasteiger partial charge in [0.2, 0.25) is 0 Å². The van der Waals surface area contributed by atoms with Crippen molar-refractivity contribution in [3.8, 4) is 0 Å². The van der Waals surface area contributed by atoms with Gasteiger partial charge in [-0.25, -0.2) is 4.79 Å². The van der Waals surface area contributed by atoms with E-state index in [2.05, 4.69) is 6.92 Å². The van der Waals surface area contributed by atoms with Gasteiger partial charge in [0.05, 0.1) is 0 Å². The van der Waals surface area contributed by atoms with Crippen molar-refractivity contribution < 1.29 is 14.3 Å². The van der Waals surface area contributed by atoms with E-state index < -0.39 is 0 Å². The first kappa shape index (κ1) is 16.3. The molecular weight excluding hydrogens is 290 g/mol. The lowest BCUT2D eigenvalue weighted by Gasteiger charge is -2.31. The van der Waals surface area contributed by atoms with Gasteiger partial charge in [0.1, 0.15) is 6.61 Å². The van der Waals surface area contributed by atoms with E-state index in [4.69, 9.17) is 9.47 Å². The highest BCUT2D eigenvalue weighted by atomic mass is 16.6. The quantitative estimate of drug-likeness (QED) is 0.803. The van der Waals surface area contributed by atoms with E-state index in [-0.39, 0.29) is 6.09 Å². The van der Waals surface area contributed by atoms with Crippen molar-refractivity contribution in [2.75, 3.05) is 26.3 Å². The number of piperidine rings is 1. The number of rotatable bonds is 6. The van der Waals surface area contributed by atoms with Gasteiger partial charge < -0.3 is 14.4 Å². The predicted molar refractivity (Wildman–Crippen MR) is 89.0 cm³/mol. The second kappa shape index (κ2) is 7.82. The third-order valence-electron chi connectivity index (χ3n) is 5.12. The van der Waals surface area contributed by atoms with E-state index in [1.54, 1.807) is 0 Å². The number of carbonyl (C=O) groups excluding carboxylic acids is 1. The van der Waals surface area contributed by atoms with Crippen LogP contribution in [-0.4, -0.2) is 37.3 Å². The van der Waals surface area contributed by atoms with Crippen LogP contribution in [0.3, 0.4) is 0 Å². The zero-order valence-corrected chi connectivity index (χ0v) is 13.9. The summed E-state index contributed by atoms with van der Waals surface area (Å²) in [5.41, 5.74) is 1.03. The fraction of sp³-hybridized carbons (Fsp3) is 0.632. The standard InChI is InChI=1S/C19H27NO3/c1-2-22-14-17-12-18(17)16-8-10-20(11-9-16)19(21)23-13-15-6-4-3-5-7-15/h3-7,16-18H,2,8-14H2,1H3/t17-,18+/m0/s1. The average Bonchev–Trinajstić information content (AvgIpc) is 3.38. The molecule has 0 spiro atoms. The van der Waals surface area contributed by atoms with Crippen LogP contribution in [-0.2, 0) is 16.1 Å². The van der Waals surface area contributed by atoms with Crippen LogP contribution >= 0.6 is 0 Å². The zero-order valence-electron chi connectivity index (χ0n) is 13.9. The summed E-state index contributed by atoms with van der Waals surface area (Å²) in [6, 6.07) is 9.84. The molecule has 0 unspecified atom stereocenters. The molecule has 0 radical (unpaired) electrons. The molecular formula is C19H27NO3. The van der Waals surface area contributed by atoms with Crippen molar-refractivity contribution in [2.45, 2.75) is 32.8 Å². The molecule has 0 bridgehead atoms. The Morgan fingerprint density at radius 3 is 2.65 bits per heavy atom. The summed E-state index contributed by atoms with van der Waals surface area (Å²) in [4.78, 5) is 14.0. The lowest BCUT2D eigenvalue weighted by Crippen LogP contribution is -2.39. The number of benzene rings is 1. The Kier molecular flexibility index (Phi) is 5.55. The molecule has 1 aromatic rings. The normalized spacial score (nSPS) is 24.5. The fourth-order valence-corrected chi connectivity index (χ4v) is 3.63. The van der Waals surface area contributed by atoms with Crippen LogP contribution in [0.15, 0.2) is 30.3 Å². The number of nitrogens with zero attached hydrogens (tertiary/aromatic N) is 1. The molecule has 1 aromatic carbocycles. The molecule has 1 aliphatic carbocycles. The molecule has 2 aliphatic rings. The van der Waals surface area contributed by atoms with Gasteiger partial charge in [0.25, 0.3) is 0 Å². The summed E-state index contributed by atoms with van der Waals surface area (Å²) >= 11 is 0. The van der Waals surface area contributed by atoms with Crippen molar-refractivity contribution in [3.63, 3.8) is 0 Å². The van der Waals surface area contributed by atoms with Gasteiger partial charge >= 0.3 is 6.09 Å². The summed E-state index contributed by atoms with van der Waals surface area (Å²) in [6.07, 6.45) is 3.35. The van der Waals surface area contributed by atoms with E-state index >= 15 is 0 Å². The highest BCUT2D eigenvalue weighted by Gasteiger charge is 2.43. The van der Waals surface area contributed by atoms with E-state index in [0.29, 0.717) is 6.61 Å². The third kappa shape index (κ3) is 4.47. The lowest BCUT2D eigenvalue weighted by atomic mass is 9.91. The number of carbonyl (C=O) groups is 1. The topological polar surface area (TPSA) is 38.8 Å². The van der Waals surface area contributed by atoms with Crippen molar-refractivity contribution in [2.24, 2.45) is 17.8 Å². The predicted octanol–water partition coefficient (Wildman–Crippen LogP) is 3.71. The van der Waals surface area contributed by atoms with Gasteiger partial charge in [0, 0.05) is 26.3 Å². The Morgan fingerprint density at radius 2 is 1.96 bits per heavy atom. The smallest absolute Gasteiger partial charge is 0.410 e. The molecule has 2 fully saturated rings. The van der Waals surface area contributed by atoms with Crippen molar-refractivity contribution in [1.29, 1.82) is 0 Å². The SMILES string of the molecule is CCOC[C@@H]1C[C@@H]1C1CCN(C(=O)OCc2ccccc2)CC1. The minimum absolute atomic E-state index is 0.172. The number of hydrogen-bond donors (Lipinski definition) is 0. The Hall–Kier alpha value is -1.55. The van der Waals surface area contributed by atoms with E-state index in [1.165, 1.54) is 6.42 Å². The Bertz CT molecular complexity index is 497. The monoisotopic (exact) mass is 317 g/mol. The van der Waals surface area contributed by atoms with Crippen LogP contribution < -0.4 is 0 Å². The molecule has 1 amide bonds. The molecule has 1 saturated heterocycles. The Morgan fingerprint density at radius 1 is 1.22 bits per heavy atom. The second-order valence-corrected chi connectivity index (χ2v) is 6.68. The second-order valence-electron chi connectivity index (χ2n) is 6.68. The molecule has 0 aromatic heterocycles. The van der Waals surface area contributed by atoms with Crippen LogP contribution in [0.2, 0.25) is 0 Å². The molecule has 126 valence electrons. The van der Waals surface area contributed by atoms with Gasteiger partial charge in [0.15, 0.2) is 0 Å². The van der Waals surface area contributed by atoms with Gasteiger partial charge in [-0.2, -0.15) is 0 Å². The summed E-state index contributed by atoms with van der Waals surface area (Å²) in [5.74, 6) is 2.35. The van der Waals surface area contributed by atoms with E-state index in [9.17, 15) is 4.79 Å². The largest absolute Gasteiger partial charge is 0.445 e. The van der Waals surface area contributed by atoms with E-state index in [0.717, 1.165) is 62.5 Å². The maximum absolute atomic E-state index is 12.2. The fourth-order valence-electron chi connectivity index (χ4n) is 3.63. The molecule has 2 atom stereocenters. The van der Waals surface area contributed by atoms with Gasteiger partial charge in [-0.3, -0.25) is 0 Å². The summed E-state index contributed by atoms with van der Waals surface area (Å²) in [6.45, 7) is 5.80.